The molecular weight excluding hydrogens is 490 g/mol. The monoisotopic (exact) mass is 518 g/mol. The predicted molar refractivity (Wildman–Crippen MR) is 125 cm³/mol. The Labute approximate surface area is 200 Å². The Morgan fingerprint density at radius 2 is 1.85 bits per heavy atom. The van der Waals surface area contributed by atoms with Gasteiger partial charge in [0.25, 0.3) is 0 Å². The normalized spacial score (nSPS) is 19.6. The second-order valence-electron chi connectivity index (χ2n) is 9.33. The van der Waals surface area contributed by atoms with E-state index >= 15 is 0 Å². The Hall–Kier alpha value is -2.34. The van der Waals surface area contributed by atoms with Crippen molar-refractivity contribution in [1.29, 1.82) is 0 Å². The van der Waals surface area contributed by atoms with Gasteiger partial charge in [0.15, 0.2) is 21.4 Å². The fourth-order valence-corrected chi connectivity index (χ4v) is 5.63. The van der Waals surface area contributed by atoms with Gasteiger partial charge in [-0.05, 0) is 39.7 Å². The molecule has 2 aliphatic rings. The maximum atomic E-state index is 14.3. The molecule has 0 spiro atoms. The van der Waals surface area contributed by atoms with Crippen LogP contribution in [-0.4, -0.2) is 60.2 Å². The lowest BCUT2D eigenvalue weighted by molar-refractivity contribution is 0.0202. The summed E-state index contributed by atoms with van der Waals surface area (Å²) in [4.78, 5) is 18.2. The summed E-state index contributed by atoms with van der Waals surface area (Å²) in [6.45, 7) is 6.07. The highest BCUT2D eigenvalue weighted by atomic mass is 32.2. The third-order valence-electron chi connectivity index (χ3n) is 5.09. The van der Waals surface area contributed by atoms with Crippen LogP contribution in [0.4, 0.5) is 13.6 Å². The zero-order valence-corrected chi connectivity index (χ0v) is 21.1. The van der Waals surface area contributed by atoms with Crippen LogP contribution in [0.3, 0.4) is 0 Å². The van der Waals surface area contributed by atoms with E-state index in [2.05, 4.69) is 4.99 Å². The van der Waals surface area contributed by atoms with Crippen molar-refractivity contribution in [3.63, 3.8) is 0 Å². The molecule has 0 aromatic heterocycles. The minimum absolute atomic E-state index is 0.0854. The SMILES string of the molecule is CC(C)(C)OC(=O)N1CCC(C2=NC(COc3cc(F)c(CS(C)(=O)=O)cc3F)=CS2=O)CC1. The van der Waals surface area contributed by atoms with Gasteiger partial charge in [-0.3, -0.25) is 0 Å². The molecule has 0 saturated carbocycles. The molecule has 34 heavy (non-hydrogen) atoms. The van der Waals surface area contributed by atoms with Crippen molar-refractivity contribution in [2.75, 3.05) is 26.0 Å². The van der Waals surface area contributed by atoms with Crippen molar-refractivity contribution in [1.82, 2.24) is 4.90 Å². The number of carbonyl (C=O) groups is 1. The first-order valence-electron chi connectivity index (χ1n) is 10.7. The van der Waals surface area contributed by atoms with Gasteiger partial charge in [-0.15, -0.1) is 0 Å². The molecule has 188 valence electrons. The van der Waals surface area contributed by atoms with E-state index in [9.17, 15) is 26.2 Å². The van der Waals surface area contributed by atoms with Crippen LogP contribution < -0.4 is 4.74 Å². The summed E-state index contributed by atoms with van der Waals surface area (Å²) in [6, 6.07) is 1.58. The van der Waals surface area contributed by atoms with Gasteiger partial charge < -0.3 is 14.4 Å². The van der Waals surface area contributed by atoms with Gasteiger partial charge in [-0.25, -0.2) is 31.2 Å². The number of benzene rings is 1. The van der Waals surface area contributed by atoms with Crippen LogP contribution in [0.5, 0.6) is 5.75 Å². The zero-order chi connectivity index (χ0) is 25.3. The van der Waals surface area contributed by atoms with Crippen molar-refractivity contribution >= 4 is 31.8 Å². The summed E-state index contributed by atoms with van der Waals surface area (Å²) in [5.74, 6) is -2.90. The molecule has 8 nitrogen and oxygen atoms in total. The molecule has 1 fully saturated rings. The molecule has 0 bridgehead atoms. The minimum Gasteiger partial charge on any atom is -0.484 e. The van der Waals surface area contributed by atoms with Gasteiger partial charge in [-0.2, -0.15) is 0 Å². The highest BCUT2D eigenvalue weighted by molar-refractivity contribution is 8.03. The number of hydrogen-bond acceptors (Lipinski definition) is 7. The number of sulfone groups is 1. The number of ether oxygens (including phenoxy) is 2. The summed E-state index contributed by atoms with van der Waals surface area (Å²) >= 11 is 0. The Kier molecular flexibility index (Phi) is 7.81. The number of halogens is 2. The lowest BCUT2D eigenvalue weighted by Gasteiger charge is -2.33. The number of piperidine rings is 1. The number of amides is 1. The zero-order valence-electron chi connectivity index (χ0n) is 19.5. The van der Waals surface area contributed by atoms with Crippen molar-refractivity contribution in [2.24, 2.45) is 10.9 Å². The number of likely N-dealkylation sites (tertiary alicyclic amines) is 1. The standard InChI is InChI=1S/C22H28F2N2O6S2/c1-22(2,3)32-21(27)26-7-5-14(6-8-26)20-25-16(12-33(20)28)11-31-19-10-17(23)15(9-18(19)24)13-34(4,29)30/h9-10,12,14H,5-8,11,13H2,1-4H3. The fourth-order valence-electron chi connectivity index (χ4n) is 3.58. The number of rotatable bonds is 6. The number of nitrogens with zero attached hydrogens (tertiary/aromatic N) is 2. The van der Waals surface area contributed by atoms with Crippen LogP contribution in [0, 0.1) is 17.6 Å². The molecule has 1 atom stereocenters. The molecule has 2 heterocycles. The summed E-state index contributed by atoms with van der Waals surface area (Å²) in [6.07, 6.45) is 1.70. The van der Waals surface area contributed by atoms with Gasteiger partial charge in [-0.1, -0.05) is 0 Å². The molecule has 1 saturated heterocycles. The van der Waals surface area contributed by atoms with E-state index in [1.165, 1.54) is 5.41 Å². The van der Waals surface area contributed by atoms with Crippen LogP contribution >= 0.6 is 0 Å². The highest BCUT2D eigenvalue weighted by Gasteiger charge is 2.32. The molecule has 0 N–H and O–H groups in total. The van der Waals surface area contributed by atoms with Gasteiger partial charge >= 0.3 is 6.09 Å². The summed E-state index contributed by atoms with van der Waals surface area (Å²) in [5.41, 5.74) is -0.547. The highest BCUT2D eigenvalue weighted by Crippen LogP contribution is 2.28. The van der Waals surface area contributed by atoms with Gasteiger partial charge in [0, 0.05) is 42.3 Å². The molecular formula is C22H28F2N2O6S2. The van der Waals surface area contributed by atoms with E-state index < -0.39 is 49.4 Å². The van der Waals surface area contributed by atoms with Crippen molar-refractivity contribution in [2.45, 2.75) is 45.0 Å². The average Bonchev–Trinajstić information content (AvgIpc) is 3.08. The van der Waals surface area contributed by atoms with Crippen LogP contribution in [-0.2, 0) is 31.1 Å². The minimum atomic E-state index is -3.53. The van der Waals surface area contributed by atoms with Crippen molar-refractivity contribution in [3.8, 4) is 5.75 Å². The molecule has 0 radical (unpaired) electrons. The van der Waals surface area contributed by atoms with Crippen molar-refractivity contribution in [3.05, 3.63) is 40.4 Å². The molecule has 1 aromatic carbocycles. The van der Waals surface area contributed by atoms with Crippen LogP contribution in [0.2, 0.25) is 0 Å². The second-order valence-corrected chi connectivity index (χ2v) is 12.7. The Morgan fingerprint density at radius 3 is 2.44 bits per heavy atom. The fraction of sp³-hybridized carbons (Fsp3) is 0.545. The van der Waals surface area contributed by atoms with E-state index in [0.29, 0.717) is 36.7 Å². The van der Waals surface area contributed by atoms with E-state index in [0.717, 1.165) is 18.4 Å². The number of aliphatic imine (C=N–C) groups is 1. The Balaban J connectivity index is 1.59. The van der Waals surface area contributed by atoms with Gasteiger partial charge in [0.2, 0.25) is 0 Å². The maximum absolute atomic E-state index is 14.3. The van der Waals surface area contributed by atoms with E-state index in [4.69, 9.17) is 9.47 Å². The molecule has 2 aliphatic heterocycles. The van der Waals surface area contributed by atoms with Crippen LogP contribution in [0.1, 0.15) is 39.2 Å². The van der Waals surface area contributed by atoms with Gasteiger partial charge in [0.05, 0.1) is 22.2 Å². The van der Waals surface area contributed by atoms with Crippen LogP contribution in [0.25, 0.3) is 0 Å². The Bertz CT molecular complexity index is 1150. The summed E-state index contributed by atoms with van der Waals surface area (Å²) in [7, 11) is -5.00. The largest absolute Gasteiger partial charge is 0.484 e. The molecule has 1 aromatic rings. The number of hydrogen-bond donors (Lipinski definition) is 0. The molecule has 3 rings (SSSR count). The lowest BCUT2D eigenvalue weighted by Crippen LogP contribution is -2.43. The third kappa shape index (κ3) is 7.08. The molecule has 0 aliphatic carbocycles. The first-order valence-corrected chi connectivity index (χ1v) is 14.0. The number of carbonyl (C=O) groups excluding carboxylic acids is 1. The second kappa shape index (κ2) is 10.1. The Morgan fingerprint density at radius 1 is 1.21 bits per heavy atom. The first kappa shape index (κ1) is 26.3. The third-order valence-corrected chi connectivity index (χ3v) is 7.25. The molecule has 1 amide bonds. The topological polar surface area (TPSA) is 102 Å². The van der Waals surface area contributed by atoms with Crippen molar-refractivity contribution < 1.29 is 35.7 Å². The quantitative estimate of drug-likeness (QED) is 0.571. The predicted octanol–water partition coefficient (Wildman–Crippen LogP) is 3.54. The average molecular weight is 519 g/mol. The van der Waals surface area contributed by atoms with E-state index in [1.54, 1.807) is 25.7 Å². The van der Waals surface area contributed by atoms with E-state index in [1.807, 2.05) is 0 Å². The maximum Gasteiger partial charge on any atom is 0.410 e. The summed E-state index contributed by atoms with van der Waals surface area (Å²) < 4.78 is 74.4. The van der Waals surface area contributed by atoms with E-state index in [-0.39, 0.29) is 24.2 Å². The lowest BCUT2D eigenvalue weighted by atomic mass is 9.98. The smallest absolute Gasteiger partial charge is 0.410 e. The summed E-state index contributed by atoms with van der Waals surface area (Å²) in [5, 5.41) is 1.87. The first-order chi connectivity index (χ1) is 15.7. The van der Waals surface area contributed by atoms with Gasteiger partial charge in [0.1, 0.15) is 23.1 Å². The van der Waals surface area contributed by atoms with Crippen LogP contribution in [0.15, 0.2) is 28.2 Å². The molecule has 12 heteroatoms. The molecule has 1 unspecified atom stereocenters.